The standard InChI is InChI=1S/C16H22N6O2/c1-3-17-16(18-8-13-4-7-24-12-13)21-5-6-22(15(23)11-21)14-9-19-20(2)10-14/h4,7,9-10,12H,3,5-6,8,11H2,1-2H3,(H,17,18). The summed E-state index contributed by atoms with van der Waals surface area (Å²) >= 11 is 0. The molecule has 0 unspecified atom stereocenters. The lowest BCUT2D eigenvalue weighted by Crippen LogP contribution is -2.55. The summed E-state index contributed by atoms with van der Waals surface area (Å²) in [5.74, 6) is 0.793. The number of hydrogen-bond acceptors (Lipinski definition) is 4. The van der Waals surface area contributed by atoms with Crippen LogP contribution in [0, 0.1) is 0 Å². The van der Waals surface area contributed by atoms with Gasteiger partial charge in [-0.15, -0.1) is 0 Å². The van der Waals surface area contributed by atoms with Crippen LogP contribution < -0.4 is 10.2 Å². The molecule has 0 radical (unpaired) electrons. The van der Waals surface area contributed by atoms with Crippen LogP contribution in [0.15, 0.2) is 40.4 Å². The number of nitrogens with zero attached hydrogens (tertiary/aromatic N) is 5. The quantitative estimate of drug-likeness (QED) is 0.663. The van der Waals surface area contributed by atoms with Crippen molar-refractivity contribution in [3.8, 4) is 0 Å². The number of amides is 1. The summed E-state index contributed by atoms with van der Waals surface area (Å²) < 4.78 is 6.76. The van der Waals surface area contributed by atoms with Gasteiger partial charge in [-0.1, -0.05) is 0 Å². The maximum Gasteiger partial charge on any atom is 0.246 e. The molecule has 0 saturated carbocycles. The van der Waals surface area contributed by atoms with Crippen molar-refractivity contribution in [2.45, 2.75) is 13.5 Å². The van der Waals surface area contributed by atoms with E-state index in [0.717, 1.165) is 30.3 Å². The molecule has 2 aromatic heterocycles. The Morgan fingerprint density at radius 3 is 2.96 bits per heavy atom. The lowest BCUT2D eigenvalue weighted by molar-refractivity contribution is -0.120. The number of carbonyl (C=O) groups excluding carboxylic acids is 1. The minimum Gasteiger partial charge on any atom is -0.472 e. The molecule has 3 rings (SSSR count). The van der Waals surface area contributed by atoms with E-state index >= 15 is 0 Å². The Labute approximate surface area is 140 Å². The van der Waals surface area contributed by atoms with E-state index in [1.165, 1.54) is 0 Å². The lowest BCUT2D eigenvalue weighted by atomic mass is 10.3. The number of furan rings is 1. The fraction of sp³-hybridized carbons (Fsp3) is 0.438. The molecule has 0 atom stereocenters. The molecule has 0 aliphatic carbocycles. The molecule has 2 aromatic rings. The van der Waals surface area contributed by atoms with Gasteiger partial charge < -0.3 is 19.5 Å². The van der Waals surface area contributed by atoms with Crippen molar-refractivity contribution in [1.29, 1.82) is 0 Å². The van der Waals surface area contributed by atoms with Crippen molar-refractivity contribution in [3.05, 3.63) is 36.5 Å². The number of guanidine groups is 1. The Bertz CT molecular complexity index is 706. The smallest absolute Gasteiger partial charge is 0.246 e. The van der Waals surface area contributed by atoms with Crippen LogP contribution in [0.25, 0.3) is 0 Å². The number of aliphatic imine (C=N–C) groups is 1. The molecule has 128 valence electrons. The monoisotopic (exact) mass is 330 g/mol. The minimum atomic E-state index is 0.0446. The normalized spacial score (nSPS) is 15.9. The molecule has 1 amide bonds. The third kappa shape index (κ3) is 3.58. The third-order valence-corrected chi connectivity index (χ3v) is 3.85. The van der Waals surface area contributed by atoms with E-state index < -0.39 is 0 Å². The van der Waals surface area contributed by atoms with Gasteiger partial charge in [0.25, 0.3) is 0 Å². The summed E-state index contributed by atoms with van der Waals surface area (Å²) in [5.41, 5.74) is 1.84. The molecule has 1 aliphatic rings. The van der Waals surface area contributed by atoms with Gasteiger partial charge in [0.15, 0.2) is 5.96 Å². The number of aromatic nitrogens is 2. The van der Waals surface area contributed by atoms with E-state index in [4.69, 9.17) is 4.42 Å². The number of carbonyl (C=O) groups is 1. The Hall–Kier alpha value is -2.77. The van der Waals surface area contributed by atoms with Crippen molar-refractivity contribution < 1.29 is 9.21 Å². The van der Waals surface area contributed by atoms with Gasteiger partial charge in [0.1, 0.15) is 6.54 Å². The van der Waals surface area contributed by atoms with Gasteiger partial charge in [-0.25, -0.2) is 4.99 Å². The average molecular weight is 330 g/mol. The van der Waals surface area contributed by atoms with Gasteiger partial charge in [-0.05, 0) is 13.0 Å². The molecule has 8 nitrogen and oxygen atoms in total. The number of nitrogens with one attached hydrogen (secondary N) is 1. The number of piperazine rings is 1. The SMILES string of the molecule is CCNC(=NCc1ccoc1)N1CCN(c2cnn(C)c2)C(=O)C1. The fourth-order valence-electron chi connectivity index (χ4n) is 2.65. The summed E-state index contributed by atoms with van der Waals surface area (Å²) in [6.45, 7) is 4.92. The van der Waals surface area contributed by atoms with E-state index in [0.29, 0.717) is 19.6 Å². The van der Waals surface area contributed by atoms with Gasteiger partial charge in [0, 0.05) is 38.4 Å². The zero-order valence-corrected chi connectivity index (χ0v) is 14.0. The van der Waals surface area contributed by atoms with Gasteiger partial charge in [0.2, 0.25) is 5.91 Å². The predicted molar refractivity (Wildman–Crippen MR) is 90.7 cm³/mol. The summed E-state index contributed by atoms with van der Waals surface area (Å²) in [4.78, 5) is 20.9. The first kappa shape index (κ1) is 16.1. The van der Waals surface area contributed by atoms with Crippen molar-refractivity contribution >= 4 is 17.6 Å². The Balaban J connectivity index is 1.67. The maximum atomic E-state index is 12.5. The van der Waals surface area contributed by atoms with E-state index in [1.807, 2.05) is 31.1 Å². The molecule has 0 bridgehead atoms. The highest BCUT2D eigenvalue weighted by atomic mass is 16.3. The van der Waals surface area contributed by atoms with Crippen LogP contribution in [-0.2, 0) is 18.4 Å². The number of rotatable bonds is 4. The predicted octanol–water partition coefficient (Wildman–Crippen LogP) is 0.827. The Kier molecular flexibility index (Phi) is 4.83. The van der Waals surface area contributed by atoms with E-state index in [-0.39, 0.29) is 5.91 Å². The van der Waals surface area contributed by atoms with Crippen molar-refractivity contribution in [1.82, 2.24) is 20.0 Å². The second-order valence-corrected chi connectivity index (χ2v) is 5.64. The van der Waals surface area contributed by atoms with Crippen molar-refractivity contribution in [3.63, 3.8) is 0 Å². The highest BCUT2D eigenvalue weighted by Gasteiger charge is 2.27. The van der Waals surface area contributed by atoms with Gasteiger partial charge >= 0.3 is 0 Å². The van der Waals surface area contributed by atoms with Crippen LogP contribution in [-0.4, -0.2) is 52.7 Å². The van der Waals surface area contributed by atoms with E-state index in [2.05, 4.69) is 15.4 Å². The topological polar surface area (TPSA) is 78.9 Å². The number of aryl methyl sites for hydroxylation is 1. The van der Waals surface area contributed by atoms with Crippen LogP contribution in [0.5, 0.6) is 0 Å². The molecular formula is C16H22N6O2. The number of hydrogen-bond donors (Lipinski definition) is 1. The fourth-order valence-corrected chi connectivity index (χ4v) is 2.65. The van der Waals surface area contributed by atoms with E-state index in [1.54, 1.807) is 28.3 Å². The first-order valence-corrected chi connectivity index (χ1v) is 8.00. The molecule has 0 spiro atoms. The maximum absolute atomic E-state index is 12.5. The summed E-state index contributed by atoms with van der Waals surface area (Å²) in [6.07, 6.45) is 6.88. The van der Waals surface area contributed by atoms with Crippen molar-refractivity contribution in [2.24, 2.45) is 12.0 Å². The Morgan fingerprint density at radius 2 is 2.33 bits per heavy atom. The van der Waals surface area contributed by atoms with Crippen LogP contribution in [0.1, 0.15) is 12.5 Å². The van der Waals surface area contributed by atoms with Crippen LogP contribution in [0.3, 0.4) is 0 Å². The average Bonchev–Trinajstić information content (AvgIpc) is 3.23. The first-order valence-electron chi connectivity index (χ1n) is 8.00. The van der Waals surface area contributed by atoms with Crippen LogP contribution in [0.4, 0.5) is 5.69 Å². The molecule has 24 heavy (non-hydrogen) atoms. The minimum absolute atomic E-state index is 0.0446. The number of anilines is 1. The van der Waals surface area contributed by atoms with E-state index in [9.17, 15) is 4.79 Å². The second-order valence-electron chi connectivity index (χ2n) is 5.64. The zero-order chi connectivity index (χ0) is 16.9. The largest absolute Gasteiger partial charge is 0.472 e. The van der Waals surface area contributed by atoms with Gasteiger partial charge in [-0.3, -0.25) is 9.48 Å². The van der Waals surface area contributed by atoms with Crippen LogP contribution in [0.2, 0.25) is 0 Å². The summed E-state index contributed by atoms with van der Waals surface area (Å²) in [5, 5.41) is 7.38. The molecule has 3 heterocycles. The molecule has 1 aliphatic heterocycles. The molecule has 0 aromatic carbocycles. The third-order valence-electron chi connectivity index (χ3n) is 3.85. The molecular weight excluding hydrogens is 308 g/mol. The first-order chi connectivity index (χ1) is 11.7. The lowest BCUT2D eigenvalue weighted by Gasteiger charge is -2.35. The van der Waals surface area contributed by atoms with Gasteiger partial charge in [-0.2, -0.15) is 5.10 Å². The summed E-state index contributed by atoms with van der Waals surface area (Å²) in [6, 6.07) is 1.89. The Morgan fingerprint density at radius 1 is 1.46 bits per heavy atom. The zero-order valence-electron chi connectivity index (χ0n) is 14.0. The molecule has 1 N–H and O–H groups in total. The molecule has 1 saturated heterocycles. The second kappa shape index (κ2) is 7.20. The summed E-state index contributed by atoms with van der Waals surface area (Å²) in [7, 11) is 1.84. The molecule has 1 fully saturated rings. The molecule has 8 heteroatoms. The van der Waals surface area contributed by atoms with Gasteiger partial charge in [0.05, 0.1) is 31.0 Å². The van der Waals surface area contributed by atoms with Crippen LogP contribution >= 0.6 is 0 Å². The highest BCUT2D eigenvalue weighted by Crippen LogP contribution is 2.16. The van der Waals surface area contributed by atoms with Crippen molar-refractivity contribution in [2.75, 3.05) is 31.1 Å². The highest BCUT2D eigenvalue weighted by molar-refractivity contribution is 5.98.